The van der Waals surface area contributed by atoms with E-state index in [1.54, 1.807) is 13.8 Å². The van der Waals surface area contributed by atoms with Gasteiger partial charge in [0.2, 0.25) is 5.91 Å². The molecule has 12 nitrogen and oxygen atoms in total. The first kappa shape index (κ1) is 25.4. The highest BCUT2D eigenvalue weighted by Crippen LogP contribution is 2.60. The van der Waals surface area contributed by atoms with E-state index < -0.39 is 43.5 Å². The molecule has 0 radical (unpaired) electrons. The second-order valence-corrected chi connectivity index (χ2v) is 9.94. The molecule has 0 saturated carbocycles. The molecule has 0 spiro atoms. The minimum Gasteiger partial charge on any atom is -0.469 e. The first-order valence-corrected chi connectivity index (χ1v) is 11.6. The molecule has 2 heterocycles. The van der Waals surface area contributed by atoms with Gasteiger partial charge in [-0.1, -0.05) is 13.8 Å². The molecule has 0 aromatic carbocycles. The number of carbonyl (C=O) groups excluding carboxylic acids is 4. The van der Waals surface area contributed by atoms with Crippen LogP contribution in [-0.4, -0.2) is 73.7 Å². The molecular weight excluding hydrogens is 433 g/mol. The predicted octanol–water partition coefficient (Wildman–Crippen LogP) is -0.423. The molecule has 2 amide bonds. The van der Waals surface area contributed by atoms with Crippen molar-refractivity contribution < 1.29 is 42.6 Å². The van der Waals surface area contributed by atoms with Gasteiger partial charge >= 0.3 is 20.0 Å². The molecule has 2 aliphatic heterocycles. The Kier molecular flexibility index (Phi) is 8.73. The highest BCUT2D eigenvalue weighted by molar-refractivity contribution is 7.58. The van der Waals surface area contributed by atoms with Gasteiger partial charge in [-0.05, 0) is 13.3 Å². The maximum Gasteiger partial charge on any atom is 0.500 e. The summed E-state index contributed by atoms with van der Waals surface area (Å²) in [5.41, 5.74) is -0.770. The van der Waals surface area contributed by atoms with Crippen molar-refractivity contribution in [2.24, 2.45) is 5.41 Å². The smallest absolute Gasteiger partial charge is 0.469 e. The average Bonchev–Trinajstić information content (AvgIpc) is 3.13. The zero-order chi connectivity index (χ0) is 23.2. The minimum atomic E-state index is -3.75. The van der Waals surface area contributed by atoms with Crippen LogP contribution in [0.2, 0.25) is 0 Å². The number of ether oxygens (including phenoxy) is 2. The topological polar surface area (TPSA) is 162 Å². The van der Waals surface area contributed by atoms with Gasteiger partial charge in [0.05, 0.1) is 19.6 Å². The van der Waals surface area contributed by atoms with Gasteiger partial charge in [0, 0.05) is 18.4 Å². The zero-order valence-corrected chi connectivity index (χ0v) is 19.0. The van der Waals surface area contributed by atoms with Crippen molar-refractivity contribution in [3.8, 4) is 0 Å². The molecule has 31 heavy (non-hydrogen) atoms. The summed E-state index contributed by atoms with van der Waals surface area (Å²) in [7, 11) is -2.50. The highest BCUT2D eigenvalue weighted by Gasteiger charge is 2.58. The third kappa shape index (κ3) is 7.36. The van der Waals surface area contributed by atoms with Crippen LogP contribution in [0.4, 0.5) is 0 Å². The SMILES string of the molecule is COC(=O)CCNC(=O)[C@@H]1O[P+](O)(N[C@@H](C)C(=O)OC[C@H]2CCC(=O)N2)OCC1(C)C. The number of carbonyl (C=O) groups is 4. The minimum absolute atomic E-state index is 0.00472. The number of hydrogen-bond acceptors (Lipinski definition) is 10. The Morgan fingerprint density at radius 3 is 2.71 bits per heavy atom. The van der Waals surface area contributed by atoms with E-state index in [4.69, 9.17) is 13.8 Å². The van der Waals surface area contributed by atoms with Crippen molar-refractivity contribution >= 4 is 31.8 Å². The number of amides is 2. The van der Waals surface area contributed by atoms with Crippen molar-refractivity contribution in [2.45, 2.75) is 58.2 Å². The summed E-state index contributed by atoms with van der Waals surface area (Å²) in [6.07, 6.45) is -0.115. The molecule has 13 heteroatoms. The van der Waals surface area contributed by atoms with E-state index >= 15 is 0 Å². The van der Waals surface area contributed by atoms with E-state index in [0.717, 1.165) is 0 Å². The molecule has 2 fully saturated rings. The van der Waals surface area contributed by atoms with Crippen molar-refractivity contribution in [3.05, 3.63) is 0 Å². The lowest BCUT2D eigenvalue weighted by atomic mass is 9.87. The van der Waals surface area contributed by atoms with Gasteiger partial charge < -0.3 is 20.1 Å². The molecule has 0 aromatic rings. The van der Waals surface area contributed by atoms with Gasteiger partial charge in [-0.2, -0.15) is 9.42 Å². The van der Waals surface area contributed by atoms with E-state index in [9.17, 15) is 24.1 Å². The quantitative estimate of drug-likeness (QED) is 0.260. The van der Waals surface area contributed by atoms with E-state index in [-0.39, 0.29) is 38.1 Å². The van der Waals surface area contributed by atoms with Crippen LogP contribution in [0.25, 0.3) is 0 Å². The lowest BCUT2D eigenvalue weighted by Gasteiger charge is -2.37. The van der Waals surface area contributed by atoms with Crippen LogP contribution in [0.1, 0.15) is 40.0 Å². The van der Waals surface area contributed by atoms with Crippen LogP contribution in [-0.2, 0) is 37.7 Å². The summed E-state index contributed by atoms with van der Waals surface area (Å²) in [6, 6.07) is -1.22. The first-order valence-electron chi connectivity index (χ1n) is 9.99. The van der Waals surface area contributed by atoms with E-state index in [1.165, 1.54) is 14.0 Å². The molecular formula is C18H31N3O9P+. The van der Waals surface area contributed by atoms with Crippen LogP contribution in [0, 0.1) is 5.41 Å². The molecule has 2 rings (SSSR count). The molecule has 0 bridgehead atoms. The van der Waals surface area contributed by atoms with E-state index in [1.807, 2.05) is 0 Å². The standard InChI is InChI=1S/C18H30N3O9P/c1-11(17(25)28-9-12-5-6-13(22)20-12)21-31(26)29-10-18(2,3)15(30-31)16(24)19-8-7-14(23)27-4/h11-12,15,21,26H,5-10H2,1-4H3,(H-,19,20,22,24)/p+1/t11-,12+,15-,31?/m0/s1. The normalized spacial score (nSPS) is 28.4. The third-order valence-corrected chi connectivity index (χ3v) is 6.58. The van der Waals surface area contributed by atoms with Crippen molar-refractivity contribution in [3.63, 3.8) is 0 Å². The van der Waals surface area contributed by atoms with Gasteiger partial charge in [0.15, 0.2) is 6.10 Å². The van der Waals surface area contributed by atoms with Crippen LogP contribution < -0.4 is 15.7 Å². The van der Waals surface area contributed by atoms with Gasteiger partial charge in [-0.25, -0.2) is 0 Å². The molecule has 1 unspecified atom stereocenters. The van der Waals surface area contributed by atoms with Crippen LogP contribution >= 0.6 is 8.09 Å². The summed E-state index contributed by atoms with van der Waals surface area (Å²) in [5, 5.41) is 7.86. The fraction of sp³-hybridized carbons (Fsp3) is 0.778. The van der Waals surface area contributed by atoms with Crippen molar-refractivity contribution in [2.75, 3.05) is 26.9 Å². The molecule has 2 saturated heterocycles. The monoisotopic (exact) mass is 464 g/mol. The summed E-state index contributed by atoms with van der Waals surface area (Å²) in [5.74, 6) is -1.74. The molecule has 0 aliphatic carbocycles. The lowest BCUT2D eigenvalue weighted by molar-refractivity contribution is -0.147. The summed E-state index contributed by atoms with van der Waals surface area (Å²) >= 11 is 0. The summed E-state index contributed by atoms with van der Waals surface area (Å²) in [4.78, 5) is 58.0. The molecule has 0 aromatic heterocycles. The number of esters is 2. The lowest BCUT2D eigenvalue weighted by Crippen LogP contribution is -2.53. The maximum atomic E-state index is 12.6. The van der Waals surface area contributed by atoms with E-state index in [0.29, 0.717) is 12.8 Å². The fourth-order valence-corrected chi connectivity index (χ4v) is 4.97. The Morgan fingerprint density at radius 2 is 2.10 bits per heavy atom. The van der Waals surface area contributed by atoms with Gasteiger partial charge in [-0.3, -0.25) is 19.2 Å². The Hall–Kier alpha value is -1.85. The molecule has 176 valence electrons. The van der Waals surface area contributed by atoms with E-state index in [2.05, 4.69) is 20.5 Å². The Bertz CT molecular complexity index is 705. The largest absolute Gasteiger partial charge is 0.500 e. The fourth-order valence-electron chi connectivity index (χ4n) is 3.01. The average molecular weight is 464 g/mol. The Balaban J connectivity index is 1.89. The number of hydrogen-bond donors (Lipinski definition) is 4. The molecule has 4 atom stereocenters. The summed E-state index contributed by atoms with van der Waals surface area (Å²) < 4.78 is 20.7. The molecule has 2 aliphatic rings. The van der Waals surface area contributed by atoms with Gasteiger partial charge in [-0.15, -0.1) is 9.61 Å². The Labute approximate surface area is 181 Å². The predicted molar refractivity (Wildman–Crippen MR) is 108 cm³/mol. The first-order chi connectivity index (χ1) is 14.5. The summed E-state index contributed by atoms with van der Waals surface area (Å²) in [6.45, 7) is 4.99. The van der Waals surface area contributed by atoms with Crippen molar-refractivity contribution in [1.29, 1.82) is 0 Å². The van der Waals surface area contributed by atoms with Crippen molar-refractivity contribution in [1.82, 2.24) is 15.7 Å². The number of methoxy groups -OCH3 is 1. The number of nitrogens with one attached hydrogen (secondary N) is 3. The second kappa shape index (κ2) is 10.6. The highest BCUT2D eigenvalue weighted by atomic mass is 31.2. The van der Waals surface area contributed by atoms with Gasteiger partial charge in [0.25, 0.3) is 5.91 Å². The van der Waals surface area contributed by atoms with Crippen LogP contribution in [0.15, 0.2) is 0 Å². The molecule has 4 N–H and O–H groups in total. The zero-order valence-electron chi connectivity index (χ0n) is 18.1. The maximum absolute atomic E-state index is 12.6. The van der Waals surface area contributed by atoms with Crippen LogP contribution in [0.3, 0.4) is 0 Å². The van der Waals surface area contributed by atoms with Crippen LogP contribution in [0.5, 0.6) is 0 Å². The number of rotatable bonds is 9. The Morgan fingerprint density at radius 1 is 1.39 bits per heavy atom. The second-order valence-electron chi connectivity index (χ2n) is 8.17. The van der Waals surface area contributed by atoms with Gasteiger partial charge in [0.1, 0.15) is 19.3 Å². The third-order valence-electron chi connectivity index (χ3n) is 4.89.